The van der Waals surface area contributed by atoms with Gasteiger partial charge in [0.15, 0.2) is 0 Å². The molecule has 1 aromatic rings. The van der Waals surface area contributed by atoms with Gasteiger partial charge in [-0.05, 0) is 64.1 Å². The molecule has 2 aliphatic rings. The Balaban J connectivity index is 1.37. The Labute approximate surface area is 152 Å². The van der Waals surface area contributed by atoms with Crippen LogP contribution in [0.1, 0.15) is 44.9 Å². The number of nitrogens with zero attached hydrogens (tertiary/aromatic N) is 4. The van der Waals surface area contributed by atoms with Crippen LogP contribution < -0.4 is 5.64 Å². The summed E-state index contributed by atoms with van der Waals surface area (Å²) in [7, 11) is 0. The Bertz CT molecular complexity index is 572. The van der Waals surface area contributed by atoms with Gasteiger partial charge in [-0.25, -0.2) is 4.79 Å². The van der Waals surface area contributed by atoms with Crippen molar-refractivity contribution in [2.75, 3.05) is 19.6 Å². The molecule has 1 atom stereocenters. The molecule has 26 heavy (non-hydrogen) atoms. The molecule has 9 heteroatoms. The van der Waals surface area contributed by atoms with Crippen LogP contribution in [-0.2, 0) is 25.8 Å². The van der Waals surface area contributed by atoms with Crippen LogP contribution in [0.2, 0.25) is 0 Å². The van der Waals surface area contributed by atoms with E-state index in [0.717, 1.165) is 51.9 Å². The van der Waals surface area contributed by atoms with Crippen molar-refractivity contribution in [3.8, 4) is 0 Å². The van der Waals surface area contributed by atoms with Crippen LogP contribution in [0.4, 0.5) is 0 Å². The second kappa shape index (κ2) is 9.63. The summed E-state index contributed by atoms with van der Waals surface area (Å²) >= 11 is 0. The summed E-state index contributed by atoms with van der Waals surface area (Å²) in [5.41, 5.74) is 2.02. The lowest BCUT2D eigenvalue weighted by molar-refractivity contribution is -0.200. The molecule has 2 aliphatic heterocycles. The monoisotopic (exact) mass is 365 g/mol. The highest BCUT2D eigenvalue weighted by atomic mass is 16.9. The number of carbonyl (C=O) groups excluding carboxylic acids is 2. The molecule has 2 fully saturated rings. The number of piperidine rings is 1. The van der Waals surface area contributed by atoms with Gasteiger partial charge in [-0.3, -0.25) is 9.48 Å². The van der Waals surface area contributed by atoms with Crippen LogP contribution in [0, 0.1) is 11.8 Å². The van der Waals surface area contributed by atoms with E-state index < -0.39 is 5.97 Å². The quantitative estimate of drug-likeness (QED) is 0.799. The molecule has 0 aliphatic carbocycles. The molecule has 3 heterocycles. The van der Waals surface area contributed by atoms with Crippen molar-refractivity contribution < 1.29 is 19.3 Å². The van der Waals surface area contributed by atoms with E-state index >= 15 is 0 Å². The maximum atomic E-state index is 12.1. The summed E-state index contributed by atoms with van der Waals surface area (Å²) in [5.74, 6) is -0.357. The highest BCUT2D eigenvalue weighted by Gasteiger charge is 2.28. The van der Waals surface area contributed by atoms with Crippen molar-refractivity contribution in [1.82, 2.24) is 25.5 Å². The molecule has 1 N–H and O–H groups in total. The number of carbonyl (C=O) groups is 2. The molecule has 0 saturated carbocycles. The zero-order valence-corrected chi connectivity index (χ0v) is 15.0. The first-order valence-electron chi connectivity index (χ1n) is 9.42. The zero-order chi connectivity index (χ0) is 18.2. The smallest absolute Gasteiger partial charge is 0.331 e. The molecular weight excluding hydrogens is 338 g/mol. The third-order valence-electron chi connectivity index (χ3n) is 5.22. The van der Waals surface area contributed by atoms with Crippen LogP contribution in [0.5, 0.6) is 0 Å². The van der Waals surface area contributed by atoms with Gasteiger partial charge in [0.2, 0.25) is 0 Å². The van der Waals surface area contributed by atoms with Crippen molar-refractivity contribution in [2.45, 2.75) is 51.5 Å². The number of hydrogen-bond donors (Lipinski definition) is 1. The van der Waals surface area contributed by atoms with Crippen molar-refractivity contribution >= 4 is 11.9 Å². The molecule has 0 aromatic carbocycles. The molecule has 0 amide bonds. The van der Waals surface area contributed by atoms with Gasteiger partial charge in [-0.1, -0.05) is 5.21 Å². The zero-order valence-electron chi connectivity index (χ0n) is 15.0. The van der Waals surface area contributed by atoms with E-state index in [4.69, 9.17) is 4.84 Å². The highest BCUT2D eigenvalue weighted by molar-refractivity contribution is 5.73. The molecule has 2 saturated heterocycles. The van der Waals surface area contributed by atoms with E-state index in [1.54, 1.807) is 6.20 Å². The third kappa shape index (κ3) is 5.77. The average Bonchev–Trinajstić information content (AvgIpc) is 3.16. The topological polar surface area (TPSA) is 98.6 Å². The first-order chi connectivity index (χ1) is 12.7. The molecule has 144 valence electrons. The van der Waals surface area contributed by atoms with Crippen LogP contribution in [0.15, 0.2) is 12.4 Å². The Morgan fingerprint density at radius 2 is 2.00 bits per heavy atom. The molecule has 0 spiro atoms. The van der Waals surface area contributed by atoms with E-state index in [1.807, 2.05) is 16.5 Å². The SMILES string of the molecule is O=C1CCCC(CC2CCN(CCCn3ccnn3)CC2)C(=O)ONO1. The van der Waals surface area contributed by atoms with Crippen molar-refractivity contribution in [1.29, 1.82) is 0 Å². The Hall–Kier alpha value is -2.00. The van der Waals surface area contributed by atoms with Gasteiger partial charge in [-0.15, -0.1) is 5.10 Å². The normalized spacial score (nSPS) is 23.6. The van der Waals surface area contributed by atoms with Gasteiger partial charge in [0.05, 0.1) is 12.1 Å². The fraction of sp³-hybridized carbons (Fsp3) is 0.765. The standard InChI is InChI=1S/C17H27N5O4/c23-16-4-1-3-15(17(24)26-20-25-16)13-14-5-10-21(11-6-14)8-2-9-22-12-7-18-19-22/h7,12,14-15,20H,1-6,8-11,13H2. The predicted octanol–water partition coefficient (Wildman–Crippen LogP) is 1.08. The Kier molecular flexibility index (Phi) is 6.96. The molecule has 1 aromatic heterocycles. The number of rotatable bonds is 6. The Morgan fingerprint density at radius 1 is 1.15 bits per heavy atom. The lowest BCUT2D eigenvalue weighted by Gasteiger charge is -2.33. The second-order valence-electron chi connectivity index (χ2n) is 7.11. The fourth-order valence-corrected chi connectivity index (χ4v) is 3.72. The lowest BCUT2D eigenvalue weighted by atomic mass is 9.85. The highest BCUT2D eigenvalue weighted by Crippen LogP contribution is 2.28. The first kappa shape index (κ1) is 18.8. The van der Waals surface area contributed by atoms with Crippen LogP contribution in [0.25, 0.3) is 0 Å². The molecular formula is C17H27N5O4. The van der Waals surface area contributed by atoms with Gasteiger partial charge < -0.3 is 14.6 Å². The summed E-state index contributed by atoms with van der Waals surface area (Å²) in [4.78, 5) is 35.3. The van der Waals surface area contributed by atoms with Gasteiger partial charge >= 0.3 is 11.9 Å². The van der Waals surface area contributed by atoms with E-state index in [9.17, 15) is 9.59 Å². The minimum absolute atomic E-state index is 0.166. The van der Waals surface area contributed by atoms with Gasteiger partial charge in [0, 0.05) is 24.8 Å². The van der Waals surface area contributed by atoms with E-state index in [0.29, 0.717) is 25.2 Å². The summed E-state index contributed by atoms with van der Waals surface area (Å²) in [6.45, 7) is 4.07. The van der Waals surface area contributed by atoms with Crippen molar-refractivity contribution in [3.05, 3.63) is 12.4 Å². The fourth-order valence-electron chi connectivity index (χ4n) is 3.72. The second-order valence-corrected chi connectivity index (χ2v) is 7.11. The average molecular weight is 365 g/mol. The van der Waals surface area contributed by atoms with Crippen molar-refractivity contribution in [3.63, 3.8) is 0 Å². The summed E-state index contributed by atoms with van der Waals surface area (Å²) < 4.78 is 1.86. The minimum atomic E-state index is -0.391. The molecule has 1 unspecified atom stereocenters. The van der Waals surface area contributed by atoms with Crippen LogP contribution >= 0.6 is 0 Å². The third-order valence-corrected chi connectivity index (χ3v) is 5.22. The molecule has 0 bridgehead atoms. The largest absolute Gasteiger partial charge is 0.336 e. The Morgan fingerprint density at radius 3 is 2.77 bits per heavy atom. The molecule has 0 radical (unpaired) electrons. The summed E-state index contributed by atoms with van der Waals surface area (Å²) in [6.07, 6.45) is 9.29. The number of aromatic nitrogens is 3. The summed E-state index contributed by atoms with van der Waals surface area (Å²) in [5, 5.41) is 7.79. The number of hydrogen-bond acceptors (Lipinski definition) is 8. The first-order valence-corrected chi connectivity index (χ1v) is 9.42. The van der Waals surface area contributed by atoms with E-state index in [1.165, 1.54) is 0 Å². The number of aryl methyl sites for hydroxylation is 1. The molecule has 3 rings (SSSR count). The number of likely N-dealkylation sites (tertiary alicyclic amines) is 1. The van der Waals surface area contributed by atoms with Gasteiger partial charge in [0.1, 0.15) is 0 Å². The van der Waals surface area contributed by atoms with Gasteiger partial charge in [0.25, 0.3) is 0 Å². The lowest BCUT2D eigenvalue weighted by Crippen LogP contribution is -2.36. The minimum Gasteiger partial charge on any atom is -0.336 e. The van der Waals surface area contributed by atoms with Crippen LogP contribution in [-0.4, -0.2) is 51.5 Å². The van der Waals surface area contributed by atoms with E-state index in [-0.39, 0.29) is 11.9 Å². The number of nitrogens with one attached hydrogen (secondary N) is 1. The predicted molar refractivity (Wildman–Crippen MR) is 91.1 cm³/mol. The van der Waals surface area contributed by atoms with Crippen molar-refractivity contribution in [2.24, 2.45) is 11.8 Å². The molecule has 9 nitrogen and oxygen atoms in total. The van der Waals surface area contributed by atoms with Crippen LogP contribution in [0.3, 0.4) is 0 Å². The maximum absolute atomic E-state index is 12.1. The van der Waals surface area contributed by atoms with Gasteiger partial charge in [-0.2, -0.15) is 0 Å². The van der Waals surface area contributed by atoms with E-state index in [2.05, 4.69) is 20.0 Å². The maximum Gasteiger partial charge on any atom is 0.331 e. The summed E-state index contributed by atoms with van der Waals surface area (Å²) in [6, 6.07) is 0.